The molecule has 0 aromatic rings. The number of allylic oxidation sites excluding steroid dienone is 6. The van der Waals surface area contributed by atoms with E-state index in [1.54, 1.807) is 0 Å². The van der Waals surface area contributed by atoms with Gasteiger partial charge in [-0.1, -0.05) is 41.9 Å². The zero-order valence-electron chi connectivity index (χ0n) is 18.7. The van der Waals surface area contributed by atoms with Gasteiger partial charge >= 0.3 is 0 Å². The van der Waals surface area contributed by atoms with Crippen LogP contribution in [0.1, 0.15) is 66.7 Å². The number of methoxy groups -OCH3 is 2. The first-order chi connectivity index (χ1) is 13.2. The zero-order valence-corrected chi connectivity index (χ0v) is 18.7. The summed E-state index contributed by atoms with van der Waals surface area (Å²) in [5.41, 5.74) is 4.04. The number of hydrogen-bond donors (Lipinski definition) is 0. The van der Waals surface area contributed by atoms with Crippen LogP contribution in [0.4, 0.5) is 0 Å². The van der Waals surface area contributed by atoms with Crippen LogP contribution in [0.25, 0.3) is 0 Å². The summed E-state index contributed by atoms with van der Waals surface area (Å²) in [7, 11) is 2.91. The van der Waals surface area contributed by atoms with E-state index in [1.165, 1.54) is 30.9 Å². The fourth-order valence-corrected chi connectivity index (χ4v) is 3.68. The molecule has 4 unspecified atom stereocenters. The number of ether oxygens (including phenoxy) is 2. The molecular formula is C24H38O4. The number of carbonyl (C=O) groups is 2. The van der Waals surface area contributed by atoms with Crippen molar-refractivity contribution in [2.24, 2.45) is 11.8 Å². The summed E-state index contributed by atoms with van der Waals surface area (Å²) in [6.45, 7) is 10.4. The van der Waals surface area contributed by atoms with E-state index >= 15 is 0 Å². The van der Waals surface area contributed by atoms with Crippen LogP contribution in [0.5, 0.6) is 0 Å². The molecule has 0 saturated heterocycles. The molecule has 1 rings (SSSR count). The summed E-state index contributed by atoms with van der Waals surface area (Å²) in [6.07, 6.45) is 9.86. The summed E-state index contributed by atoms with van der Waals surface area (Å²) in [5.74, 6) is -0.745. The monoisotopic (exact) mass is 390 g/mol. The van der Waals surface area contributed by atoms with Crippen LogP contribution >= 0.6 is 0 Å². The maximum atomic E-state index is 12.7. The lowest BCUT2D eigenvalue weighted by atomic mass is 9.73. The minimum Gasteiger partial charge on any atom is -0.370 e. The van der Waals surface area contributed by atoms with Gasteiger partial charge in [-0.3, -0.25) is 9.59 Å². The molecule has 0 radical (unpaired) electrons. The normalized spacial score (nSPS) is 26.5. The van der Waals surface area contributed by atoms with E-state index < -0.39 is 12.2 Å². The second-order valence-electron chi connectivity index (χ2n) is 8.21. The Morgan fingerprint density at radius 1 is 0.821 bits per heavy atom. The SMILES string of the molecule is COC1C(=O)C(C)C(CC=C(C)CCC=C(C)CCC=C(C)C)C(=O)C1OC. The highest BCUT2D eigenvalue weighted by atomic mass is 16.5. The van der Waals surface area contributed by atoms with Crippen LogP contribution in [0.3, 0.4) is 0 Å². The van der Waals surface area contributed by atoms with Gasteiger partial charge < -0.3 is 9.47 Å². The molecule has 0 bridgehead atoms. The molecule has 0 aromatic heterocycles. The molecule has 1 saturated carbocycles. The van der Waals surface area contributed by atoms with Crippen LogP contribution in [-0.2, 0) is 19.1 Å². The predicted octanol–water partition coefficient (Wildman–Crippen LogP) is 5.23. The topological polar surface area (TPSA) is 52.6 Å². The zero-order chi connectivity index (χ0) is 21.3. The van der Waals surface area contributed by atoms with Gasteiger partial charge in [0.2, 0.25) is 0 Å². The van der Waals surface area contributed by atoms with Crippen molar-refractivity contribution in [3.63, 3.8) is 0 Å². The number of Topliss-reactive ketones (excluding diaryl/α,β-unsaturated/α-hetero) is 2. The smallest absolute Gasteiger partial charge is 0.168 e. The van der Waals surface area contributed by atoms with Gasteiger partial charge in [-0.05, 0) is 59.8 Å². The molecule has 4 heteroatoms. The van der Waals surface area contributed by atoms with Gasteiger partial charge in [-0.2, -0.15) is 0 Å². The molecule has 0 N–H and O–H groups in total. The Morgan fingerprint density at radius 2 is 1.32 bits per heavy atom. The standard InChI is InChI=1S/C24H38O4/c1-16(2)10-8-11-17(3)12-9-13-18(4)14-15-20-19(5)21(25)23(27-6)24(28-7)22(20)26/h10,12,14,19-20,23-24H,8-9,11,13,15H2,1-7H3. The molecule has 4 atom stereocenters. The summed E-state index contributed by atoms with van der Waals surface area (Å²) >= 11 is 0. The Hall–Kier alpha value is -1.52. The van der Waals surface area contributed by atoms with Gasteiger partial charge in [0.1, 0.15) is 12.2 Å². The maximum absolute atomic E-state index is 12.7. The fourth-order valence-electron chi connectivity index (χ4n) is 3.68. The van der Waals surface area contributed by atoms with Crippen LogP contribution in [0.2, 0.25) is 0 Å². The van der Waals surface area contributed by atoms with Crippen molar-refractivity contribution in [1.82, 2.24) is 0 Å². The third kappa shape index (κ3) is 7.14. The highest BCUT2D eigenvalue weighted by Crippen LogP contribution is 2.31. The van der Waals surface area contributed by atoms with E-state index in [4.69, 9.17) is 9.47 Å². The molecule has 1 aliphatic rings. The molecule has 1 fully saturated rings. The molecule has 28 heavy (non-hydrogen) atoms. The average Bonchev–Trinajstić information content (AvgIpc) is 2.64. The minimum absolute atomic E-state index is 0.0273. The molecule has 0 heterocycles. The van der Waals surface area contributed by atoms with E-state index in [9.17, 15) is 9.59 Å². The van der Waals surface area contributed by atoms with Crippen molar-refractivity contribution in [3.05, 3.63) is 34.9 Å². The predicted molar refractivity (Wildman–Crippen MR) is 114 cm³/mol. The van der Waals surface area contributed by atoms with Gasteiger partial charge in [0.25, 0.3) is 0 Å². The lowest BCUT2D eigenvalue weighted by Gasteiger charge is -2.35. The van der Waals surface area contributed by atoms with E-state index in [0.29, 0.717) is 6.42 Å². The van der Waals surface area contributed by atoms with Crippen molar-refractivity contribution < 1.29 is 19.1 Å². The third-order valence-corrected chi connectivity index (χ3v) is 5.60. The Kier molecular flexibility index (Phi) is 10.6. The second kappa shape index (κ2) is 12.1. The fraction of sp³-hybridized carbons (Fsp3) is 0.667. The maximum Gasteiger partial charge on any atom is 0.168 e. The van der Waals surface area contributed by atoms with Crippen molar-refractivity contribution in [3.8, 4) is 0 Å². The van der Waals surface area contributed by atoms with Crippen LogP contribution in [0, 0.1) is 11.8 Å². The van der Waals surface area contributed by atoms with E-state index in [2.05, 4.69) is 45.9 Å². The van der Waals surface area contributed by atoms with Crippen molar-refractivity contribution in [2.45, 2.75) is 78.9 Å². The quantitative estimate of drug-likeness (QED) is 0.479. The Labute approximate surface area is 171 Å². The molecule has 158 valence electrons. The van der Waals surface area contributed by atoms with Gasteiger partial charge in [-0.25, -0.2) is 0 Å². The summed E-state index contributed by atoms with van der Waals surface area (Å²) < 4.78 is 10.5. The van der Waals surface area contributed by atoms with Gasteiger partial charge in [0.05, 0.1) is 0 Å². The summed E-state index contributed by atoms with van der Waals surface area (Å²) in [5, 5.41) is 0. The molecular weight excluding hydrogens is 352 g/mol. The molecule has 0 spiro atoms. The highest BCUT2D eigenvalue weighted by molar-refractivity contribution is 6.02. The number of hydrogen-bond acceptors (Lipinski definition) is 4. The van der Waals surface area contributed by atoms with Crippen LogP contribution < -0.4 is 0 Å². The molecule has 0 amide bonds. The summed E-state index contributed by atoms with van der Waals surface area (Å²) in [4.78, 5) is 25.3. The van der Waals surface area contributed by atoms with E-state index in [-0.39, 0.29) is 23.4 Å². The highest BCUT2D eigenvalue weighted by Gasteiger charge is 2.47. The third-order valence-electron chi connectivity index (χ3n) is 5.60. The first-order valence-corrected chi connectivity index (χ1v) is 10.3. The van der Waals surface area contributed by atoms with Gasteiger partial charge in [0.15, 0.2) is 11.6 Å². The van der Waals surface area contributed by atoms with Crippen LogP contribution in [-0.4, -0.2) is 38.0 Å². The molecule has 4 nitrogen and oxygen atoms in total. The number of carbonyl (C=O) groups excluding carboxylic acids is 2. The Morgan fingerprint density at radius 3 is 1.86 bits per heavy atom. The Bertz CT molecular complexity index is 623. The van der Waals surface area contributed by atoms with E-state index in [1.807, 2.05) is 6.92 Å². The largest absolute Gasteiger partial charge is 0.370 e. The Balaban J connectivity index is 2.60. The number of rotatable bonds is 10. The first kappa shape index (κ1) is 24.5. The van der Waals surface area contributed by atoms with E-state index in [0.717, 1.165) is 25.7 Å². The number of ketones is 2. The van der Waals surface area contributed by atoms with Crippen molar-refractivity contribution in [2.75, 3.05) is 14.2 Å². The lowest BCUT2D eigenvalue weighted by molar-refractivity contribution is -0.163. The first-order valence-electron chi connectivity index (χ1n) is 10.3. The minimum atomic E-state index is -0.793. The molecule has 0 aliphatic heterocycles. The molecule has 0 aromatic carbocycles. The van der Waals surface area contributed by atoms with Crippen molar-refractivity contribution >= 4 is 11.6 Å². The lowest BCUT2D eigenvalue weighted by Crippen LogP contribution is -2.54. The summed E-state index contributed by atoms with van der Waals surface area (Å²) in [6, 6.07) is 0. The van der Waals surface area contributed by atoms with Gasteiger partial charge in [0, 0.05) is 26.1 Å². The molecule has 1 aliphatic carbocycles. The average molecular weight is 391 g/mol. The van der Waals surface area contributed by atoms with Crippen molar-refractivity contribution in [1.29, 1.82) is 0 Å². The van der Waals surface area contributed by atoms with Crippen LogP contribution in [0.15, 0.2) is 34.9 Å². The van der Waals surface area contributed by atoms with Gasteiger partial charge in [-0.15, -0.1) is 0 Å². The second-order valence-corrected chi connectivity index (χ2v) is 8.21.